The van der Waals surface area contributed by atoms with Crippen LogP contribution in [-0.2, 0) is 17.6 Å². The molecule has 0 aliphatic rings. The fourth-order valence-electron chi connectivity index (χ4n) is 2.75. The van der Waals surface area contributed by atoms with Crippen LogP contribution in [0, 0.1) is 0 Å². The maximum Gasteiger partial charge on any atom is 0.335 e. The van der Waals surface area contributed by atoms with Gasteiger partial charge in [-0.2, -0.15) is 0 Å². The van der Waals surface area contributed by atoms with Crippen LogP contribution in [0.15, 0.2) is 66.9 Å². The van der Waals surface area contributed by atoms with Gasteiger partial charge < -0.3 is 5.11 Å². The van der Waals surface area contributed by atoms with Crippen LogP contribution in [0.2, 0.25) is 5.02 Å². The molecule has 0 aliphatic carbocycles. The van der Waals surface area contributed by atoms with E-state index in [1.165, 1.54) is 18.2 Å². The molecule has 130 valence electrons. The average molecular weight is 366 g/mol. The molecule has 0 amide bonds. The lowest BCUT2D eigenvalue weighted by atomic mass is 9.98. The largest absolute Gasteiger partial charge is 0.478 e. The third-order valence-corrected chi connectivity index (χ3v) is 4.24. The fourth-order valence-corrected chi connectivity index (χ4v) is 2.94. The lowest BCUT2D eigenvalue weighted by Gasteiger charge is -2.07. The van der Waals surface area contributed by atoms with E-state index < -0.39 is 5.97 Å². The maximum absolute atomic E-state index is 12.4. The summed E-state index contributed by atoms with van der Waals surface area (Å²) in [6.45, 7) is 0. The Morgan fingerprint density at radius 1 is 0.962 bits per heavy atom. The number of hydrogen-bond acceptors (Lipinski definition) is 3. The van der Waals surface area contributed by atoms with Gasteiger partial charge in [-0.3, -0.25) is 9.78 Å². The van der Waals surface area contributed by atoms with E-state index in [-0.39, 0.29) is 24.2 Å². The number of aromatic carboxylic acids is 1. The fraction of sp³-hybridized carbons (Fsp3) is 0.0952. The summed E-state index contributed by atoms with van der Waals surface area (Å²) in [5.41, 5.74) is 3.25. The van der Waals surface area contributed by atoms with Crippen molar-refractivity contribution in [2.75, 3.05) is 0 Å². The number of carbonyl (C=O) groups excluding carboxylic acids is 1. The quantitative estimate of drug-likeness (QED) is 0.700. The number of pyridine rings is 1. The second kappa shape index (κ2) is 7.93. The molecule has 0 unspecified atom stereocenters. The summed E-state index contributed by atoms with van der Waals surface area (Å²) in [5.74, 6) is -1.13. The first-order valence-electron chi connectivity index (χ1n) is 8.06. The zero-order valence-corrected chi connectivity index (χ0v) is 14.6. The van der Waals surface area contributed by atoms with Gasteiger partial charge in [0.2, 0.25) is 0 Å². The molecular formula is C21H16ClNO3. The minimum absolute atomic E-state index is 0.0319. The molecule has 1 aromatic heterocycles. The lowest BCUT2D eigenvalue weighted by Crippen LogP contribution is -2.11. The molecule has 3 rings (SSSR count). The van der Waals surface area contributed by atoms with Crippen LogP contribution in [0.3, 0.4) is 0 Å². The summed E-state index contributed by atoms with van der Waals surface area (Å²) < 4.78 is 0. The SMILES string of the molecule is O=C(Cc1ccc(-c2ccccn2)cc1)Cc1cc(Cl)ccc1C(=O)O. The van der Waals surface area contributed by atoms with E-state index in [4.69, 9.17) is 11.6 Å². The number of hydrogen-bond donors (Lipinski definition) is 1. The first kappa shape index (κ1) is 17.8. The van der Waals surface area contributed by atoms with E-state index in [0.717, 1.165) is 16.8 Å². The van der Waals surface area contributed by atoms with Gasteiger partial charge in [0, 0.05) is 29.6 Å². The number of carboxylic acids is 1. The number of Topliss-reactive ketones (excluding diaryl/α,β-unsaturated/α-hetero) is 1. The molecule has 26 heavy (non-hydrogen) atoms. The molecule has 0 atom stereocenters. The van der Waals surface area contributed by atoms with Crippen molar-refractivity contribution in [2.45, 2.75) is 12.8 Å². The number of aromatic nitrogens is 1. The van der Waals surface area contributed by atoms with Gasteiger partial charge in [-0.25, -0.2) is 4.79 Å². The predicted molar refractivity (Wildman–Crippen MR) is 100 cm³/mol. The van der Waals surface area contributed by atoms with Crippen molar-refractivity contribution in [3.05, 3.63) is 88.6 Å². The van der Waals surface area contributed by atoms with E-state index in [1.807, 2.05) is 42.5 Å². The smallest absolute Gasteiger partial charge is 0.335 e. The highest BCUT2D eigenvalue weighted by Gasteiger charge is 2.14. The number of carboxylic acid groups (broad SMARTS) is 1. The standard InChI is InChI=1S/C21H16ClNO3/c22-17-8-9-19(21(25)26)16(12-17)13-18(24)11-14-4-6-15(7-5-14)20-3-1-2-10-23-20/h1-10,12H,11,13H2,(H,25,26). The molecule has 1 N–H and O–H groups in total. The second-order valence-corrected chi connectivity index (χ2v) is 6.35. The summed E-state index contributed by atoms with van der Waals surface area (Å²) in [5, 5.41) is 9.65. The third kappa shape index (κ3) is 4.35. The predicted octanol–water partition coefficient (Wildman–Crippen LogP) is 4.45. The van der Waals surface area contributed by atoms with E-state index in [2.05, 4.69) is 4.98 Å². The molecule has 0 saturated heterocycles. The van der Waals surface area contributed by atoms with Crippen LogP contribution in [0.5, 0.6) is 0 Å². The Balaban J connectivity index is 1.71. The number of nitrogens with zero attached hydrogens (tertiary/aromatic N) is 1. The minimum atomic E-state index is -1.07. The molecule has 0 fully saturated rings. The van der Waals surface area contributed by atoms with Crippen LogP contribution in [0.4, 0.5) is 0 Å². The Bertz CT molecular complexity index is 937. The van der Waals surface area contributed by atoms with Gasteiger partial charge in [-0.05, 0) is 41.5 Å². The van der Waals surface area contributed by atoms with Gasteiger partial charge >= 0.3 is 5.97 Å². The first-order chi connectivity index (χ1) is 12.5. The molecule has 0 radical (unpaired) electrons. The molecule has 0 aliphatic heterocycles. The van der Waals surface area contributed by atoms with Gasteiger partial charge in [-0.15, -0.1) is 0 Å². The minimum Gasteiger partial charge on any atom is -0.478 e. The molecule has 3 aromatic rings. The number of ketones is 1. The Hall–Kier alpha value is -2.98. The molecule has 1 heterocycles. The van der Waals surface area contributed by atoms with Crippen LogP contribution in [0.25, 0.3) is 11.3 Å². The first-order valence-corrected chi connectivity index (χ1v) is 8.44. The van der Waals surface area contributed by atoms with E-state index in [1.54, 1.807) is 6.20 Å². The van der Waals surface area contributed by atoms with Gasteiger partial charge in [-0.1, -0.05) is 41.9 Å². The van der Waals surface area contributed by atoms with Crippen LogP contribution >= 0.6 is 11.6 Å². The van der Waals surface area contributed by atoms with E-state index in [9.17, 15) is 14.7 Å². The van der Waals surface area contributed by atoms with Gasteiger partial charge in [0.25, 0.3) is 0 Å². The number of halogens is 1. The van der Waals surface area contributed by atoms with Crippen LogP contribution < -0.4 is 0 Å². The summed E-state index contributed by atoms with van der Waals surface area (Å²) in [4.78, 5) is 28.0. The molecule has 4 nitrogen and oxygen atoms in total. The second-order valence-electron chi connectivity index (χ2n) is 5.91. The van der Waals surface area contributed by atoms with Gasteiger partial charge in [0.1, 0.15) is 5.78 Å². The maximum atomic E-state index is 12.4. The molecule has 0 spiro atoms. The highest BCUT2D eigenvalue weighted by molar-refractivity contribution is 6.30. The Labute approximate surface area is 156 Å². The Morgan fingerprint density at radius 2 is 1.73 bits per heavy atom. The average Bonchev–Trinajstić information content (AvgIpc) is 2.63. The third-order valence-electron chi connectivity index (χ3n) is 4.00. The number of rotatable bonds is 6. The van der Waals surface area contributed by atoms with Crippen molar-refractivity contribution < 1.29 is 14.7 Å². The van der Waals surface area contributed by atoms with Crippen LogP contribution in [-0.4, -0.2) is 21.8 Å². The normalized spacial score (nSPS) is 10.5. The van der Waals surface area contributed by atoms with E-state index >= 15 is 0 Å². The number of benzene rings is 2. The van der Waals surface area contributed by atoms with Gasteiger partial charge in [0.15, 0.2) is 0 Å². The Morgan fingerprint density at radius 3 is 2.38 bits per heavy atom. The van der Waals surface area contributed by atoms with Gasteiger partial charge in [0.05, 0.1) is 11.3 Å². The van der Waals surface area contributed by atoms with Crippen molar-refractivity contribution in [1.82, 2.24) is 4.98 Å². The summed E-state index contributed by atoms with van der Waals surface area (Å²) in [6, 6.07) is 17.8. The van der Waals surface area contributed by atoms with Crippen molar-refractivity contribution >= 4 is 23.4 Å². The number of carbonyl (C=O) groups is 2. The molecular weight excluding hydrogens is 350 g/mol. The highest BCUT2D eigenvalue weighted by Crippen LogP contribution is 2.19. The summed E-state index contributed by atoms with van der Waals surface area (Å²) >= 11 is 5.93. The zero-order chi connectivity index (χ0) is 18.5. The molecule has 2 aromatic carbocycles. The zero-order valence-electron chi connectivity index (χ0n) is 13.9. The summed E-state index contributed by atoms with van der Waals surface area (Å²) in [6.07, 6.45) is 2.00. The lowest BCUT2D eigenvalue weighted by molar-refractivity contribution is -0.117. The van der Waals surface area contributed by atoms with Crippen molar-refractivity contribution in [3.8, 4) is 11.3 Å². The highest BCUT2D eigenvalue weighted by atomic mass is 35.5. The summed E-state index contributed by atoms with van der Waals surface area (Å²) in [7, 11) is 0. The van der Waals surface area contributed by atoms with Crippen molar-refractivity contribution in [1.29, 1.82) is 0 Å². The Kier molecular flexibility index (Phi) is 5.44. The van der Waals surface area contributed by atoms with Crippen molar-refractivity contribution in [3.63, 3.8) is 0 Å². The molecule has 0 saturated carbocycles. The van der Waals surface area contributed by atoms with E-state index in [0.29, 0.717) is 10.6 Å². The molecule has 5 heteroatoms. The van der Waals surface area contributed by atoms with Crippen molar-refractivity contribution in [2.24, 2.45) is 0 Å². The topological polar surface area (TPSA) is 67.3 Å². The van der Waals surface area contributed by atoms with Crippen LogP contribution in [0.1, 0.15) is 21.5 Å². The molecule has 0 bridgehead atoms. The monoisotopic (exact) mass is 365 g/mol.